The Morgan fingerprint density at radius 1 is 1.32 bits per heavy atom. The van der Waals surface area contributed by atoms with E-state index in [2.05, 4.69) is 31.7 Å². The maximum atomic E-state index is 13.1. The minimum atomic E-state index is -4.46. The molecule has 28 heavy (non-hydrogen) atoms. The number of halogens is 4. The van der Waals surface area contributed by atoms with E-state index in [1.54, 1.807) is 7.11 Å². The number of ether oxygens (including phenoxy) is 1. The van der Waals surface area contributed by atoms with Crippen molar-refractivity contribution >= 4 is 38.9 Å². The fourth-order valence-electron chi connectivity index (χ4n) is 2.83. The lowest BCUT2D eigenvalue weighted by Gasteiger charge is -2.12. The highest BCUT2D eigenvalue weighted by Crippen LogP contribution is 2.46. The molecule has 0 atom stereocenters. The van der Waals surface area contributed by atoms with Gasteiger partial charge in [0.05, 0.1) is 17.3 Å². The Labute approximate surface area is 174 Å². The highest BCUT2D eigenvalue weighted by atomic mass is 79.9. The molecule has 0 saturated heterocycles. The molecule has 1 fully saturated rings. The summed E-state index contributed by atoms with van der Waals surface area (Å²) >= 11 is 8.35. The molecule has 10 heteroatoms. The number of hydrogen-bond donors (Lipinski definition) is 2. The van der Waals surface area contributed by atoms with E-state index in [0.29, 0.717) is 30.3 Å². The Morgan fingerprint density at radius 3 is 2.57 bits per heavy atom. The summed E-state index contributed by atoms with van der Waals surface area (Å²) in [4.78, 5) is 0. The topological polar surface area (TPSA) is 51.1 Å². The van der Waals surface area contributed by atoms with Crippen LogP contribution in [-0.2, 0) is 12.7 Å². The fourth-order valence-corrected chi connectivity index (χ4v) is 3.88. The SMILES string of the molecule is COc1ccc(NC(=S)NCCCn2nc(C(F)(F)F)c(Br)c2C2CC2)cc1. The van der Waals surface area contributed by atoms with Crippen molar-refractivity contribution in [1.29, 1.82) is 0 Å². The monoisotopic (exact) mass is 476 g/mol. The van der Waals surface area contributed by atoms with Crippen molar-refractivity contribution in [3.05, 3.63) is 40.1 Å². The van der Waals surface area contributed by atoms with Gasteiger partial charge in [-0.2, -0.15) is 18.3 Å². The average Bonchev–Trinajstić information content (AvgIpc) is 3.41. The number of aromatic nitrogens is 2. The van der Waals surface area contributed by atoms with Gasteiger partial charge in [0.15, 0.2) is 10.8 Å². The van der Waals surface area contributed by atoms with Gasteiger partial charge in [-0.3, -0.25) is 4.68 Å². The van der Waals surface area contributed by atoms with Gasteiger partial charge < -0.3 is 15.4 Å². The van der Waals surface area contributed by atoms with Crippen molar-refractivity contribution in [3.63, 3.8) is 0 Å². The van der Waals surface area contributed by atoms with Gasteiger partial charge in [0, 0.05) is 24.7 Å². The molecule has 0 radical (unpaired) electrons. The van der Waals surface area contributed by atoms with Gasteiger partial charge in [-0.25, -0.2) is 0 Å². The number of benzene rings is 1. The van der Waals surface area contributed by atoms with Crippen LogP contribution >= 0.6 is 28.1 Å². The summed E-state index contributed by atoms with van der Waals surface area (Å²) in [5, 5.41) is 10.4. The second kappa shape index (κ2) is 8.69. The summed E-state index contributed by atoms with van der Waals surface area (Å²) < 4.78 is 46.0. The first-order chi connectivity index (χ1) is 13.3. The molecule has 1 heterocycles. The number of alkyl halides is 3. The van der Waals surface area contributed by atoms with Crippen LogP contribution < -0.4 is 15.4 Å². The molecule has 1 aliphatic rings. The average molecular weight is 477 g/mol. The van der Waals surface area contributed by atoms with Crippen LogP contribution in [0.2, 0.25) is 0 Å². The summed E-state index contributed by atoms with van der Waals surface area (Å²) in [6, 6.07) is 7.32. The van der Waals surface area contributed by atoms with E-state index in [4.69, 9.17) is 17.0 Å². The lowest BCUT2D eigenvalue weighted by atomic mass is 10.2. The van der Waals surface area contributed by atoms with Gasteiger partial charge in [-0.05, 0) is 71.7 Å². The highest BCUT2D eigenvalue weighted by Gasteiger charge is 2.41. The molecular weight excluding hydrogens is 457 g/mol. The van der Waals surface area contributed by atoms with Gasteiger partial charge in [-0.15, -0.1) is 0 Å². The van der Waals surface area contributed by atoms with Crippen molar-refractivity contribution in [2.75, 3.05) is 19.0 Å². The van der Waals surface area contributed by atoms with Crippen LogP contribution in [0, 0.1) is 0 Å². The van der Waals surface area contributed by atoms with Crippen molar-refractivity contribution in [3.8, 4) is 5.75 Å². The van der Waals surface area contributed by atoms with Crippen molar-refractivity contribution < 1.29 is 17.9 Å². The van der Waals surface area contributed by atoms with Crippen molar-refractivity contribution in [2.24, 2.45) is 0 Å². The third-order valence-electron chi connectivity index (χ3n) is 4.34. The Kier molecular flexibility index (Phi) is 6.49. The van der Waals surface area contributed by atoms with E-state index >= 15 is 0 Å². The molecule has 1 saturated carbocycles. The smallest absolute Gasteiger partial charge is 0.436 e. The molecule has 1 aromatic heterocycles. The zero-order valence-corrected chi connectivity index (χ0v) is 17.5. The van der Waals surface area contributed by atoms with Gasteiger partial charge in [0.2, 0.25) is 0 Å². The second-order valence-corrected chi connectivity index (χ2v) is 7.71. The van der Waals surface area contributed by atoms with Crippen LogP contribution in [0.3, 0.4) is 0 Å². The maximum Gasteiger partial charge on any atom is 0.436 e. The quantitative estimate of drug-likeness (QED) is 0.438. The van der Waals surface area contributed by atoms with E-state index in [9.17, 15) is 13.2 Å². The van der Waals surface area contributed by atoms with Crippen LogP contribution in [0.1, 0.15) is 36.6 Å². The Hall–Kier alpha value is -1.81. The van der Waals surface area contributed by atoms with Crippen LogP contribution in [0.5, 0.6) is 5.75 Å². The lowest BCUT2D eigenvalue weighted by Crippen LogP contribution is -2.29. The van der Waals surface area contributed by atoms with E-state index < -0.39 is 11.9 Å². The van der Waals surface area contributed by atoms with E-state index in [1.165, 1.54) is 4.68 Å². The standard InChI is InChI=1S/C18H20BrF3N4OS/c1-27-13-7-5-12(6-8-13)24-17(28)23-9-2-10-26-15(11-3-4-11)14(19)16(25-26)18(20,21)22/h5-8,11H,2-4,9-10H2,1H3,(H2,23,24,28). The third-order valence-corrected chi connectivity index (χ3v) is 5.37. The minimum Gasteiger partial charge on any atom is -0.497 e. The second-order valence-electron chi connectivity index (χ2n) is 6.51. The number of anilines is 1. The molecule has 0 amide bonds. The molecule has 5 nitrogen and oxygen atoms in total. The van der Waals surface area contributed by atoms with Crippen LogP contribution in [0.4, 0.5) is 18.9 Å². The lowest BCUT2D eigenvalue weighted by molar-refractivity contribution is -0.142. The molecular formula is C18H20BrF3N4OS. The molecule has 0 unspecified atom stereocenters. The van der Waals surface area contributed by atoms with Crippen LogP contribution in [0.25, 0.3) is 0 Å². The summed E-state index contributed by atoms with van der Waals surface area (Å²) in [5.41, 5.74) is 0.616. The molecule has 3 rings (SSSR count). The molecule has 2 N–H and O–H groups in total. The van der Waals surface area contributed by atoms with Gasteiger partial charge in [0.1, 0.15) is 5.75 Å². The molecule has 0 spiro atoms. The Morgan fingerprint density at radius 2 is 2.00 bits per heavy atom. The normalized spacial score (nSPS) is 14.0. The highest BCUT2D eigenvalue weighted by molar-refractivity contribution is 9.10. The summed E-state index contributed by atoms with van der Waals surface area (Å²) in [5.74, 6) is 0.906. The molecule has 2 aromatic rings. The predicted molar refractivity (Wildman–Crippen MR) is 109 cm³/mol. The van der Waals surface area contributed by atoms with Crippen LogP contribution in [0.15, 0.2) is 28.7 Å². The summed E-state index contributed by atoms with van der Waals surface area (Å²) in [6.45, 7) is 0.906. The third kappa shape index (κ3) is 5.16. The number of hydrogen-bond acceptors (Lipinski definition) is 3. The molecule has 0 bridgehead atoms. The van der Waals surface area contributed by atoms with E-state index in [-0.39, 0.29) is 10.4 Å². The Bertz CT molecular complexity index is 835. The van der Waals surface area contributed by atoms with E-state index in [1.807, 2.05) is 24.3 Å². The first kappa shape index (κ1) is 20.9. The number of nitrogens with zero attached hydrogens (tertiary/aromatic N) is 2. The van der Waals surface area contributed by atoms with Gasteiger partial charge in [0.25, 0.3) is 0 Å². The van der Waals surface area contributed by atoms with Gasteiger partial charge in [-0.1, -0.05) is 0 Å². The van der Waals surface area contributed by atoms with Gasteiger partial charge >= 0.3 is 6.18 Å². The van der Waals surface area contributed by atoms with Crippen LogP contribution in [-0.4, -0.2) is 28.5 Å². The predicted octanol–water partition coefficient (Wildman–Crippen LogP) is 4.93. The number of thiocarbonyl (C=S) groups is 1. The maximum absolute atomic E-state index is 13.1. The number of methoxy groups -OCH3 is 1. The summed E-state index contributed by atoms with van der Waals surface area (Å²) in [6.07, 6.45) is -2.07. The summed E-state index contributed by atoms with van der Waals surface area (Å²) in [7, 11) is 1.60. The number of nitrogens with one attached hydrogen (secondary N) is 2. The molecule has 1 aliphatic carbocycles. The minimum absolute atomic E-state index is 0.0761. The van der Waals surface area contributed by atoms with E-state index in [0.717, 1.165) is 24.3 Å². The first-order valence-corrected chi connectivity index (χ1v) is 10.0. The zero-order chi connectivity index (χ0) is 20.3. The van der Waals surface area contributed by atoms with Crippen molar-refractivity contribution in [1.82, 2.24) is 15.1 Å². The Balaban J connectivity index is 1.51. The van der Waals surface area contributed by atoms with Crippen molar-refractivity contribution in [2.45, 2.75) is 37.9 Å². The largest absolute Gasteiger partial charge is 0.497 e. The fraction of sp³-hybridized carbons (Fsp3) is 0.444. The molecule has 1 aromatic carbocycles. The molecule has 0 aliphatic heterocycles. The zero-order valence-electron chi connectivity index (χ0n) is 15.1. The number of aryl methyl sites for hydroxylation is 1. The number of rotatable bonds is 7. The first-order valence-electron chi connectivity index (χ1n) is 8.82. The molecule has 152 valence electrons.